The lowest BCUT2D eigenvalue weighted by Gasteiger charge is -2.29. The molecule has 1 fully saturated rings. The predicted octanol–water partition coefficient (Wildman–Crippen LogP) is 2.30. The Kier molecular flexibility index (Phi) is 2.65. The first-order valence-electron chi connectivity index (χ1n) is 5.01. The van der Waals surface area contributed by atoms with Crippen LogP contribution in [0.5, 0.6) is 0 Å². The highest BCUT2D eigenvalue weighted by Crippen LogP contribution is 2.25. The van der Waals surface area contributed by atoms with Gasteiger partial charge in [0, 0.05) is 6.54 Å². The van der Waals surface area contributed by atoms with Crippen LogP contribution in [-0.2, 0) is 0 Å². The summed E-state index contributed by atoms with van der Waals surface area (Å²) in [6, 6.07) is 11.5. The first-order chi connectivity index (χ1) is 6.36. The molecule has 0 bridgehead atoms. The van der Waals surface area contributed by atoms with Crippen molar-refractivity contribution in [3.05, 3.63) is 35.9 Å². The fourth-order valence-corrected chi connectivity index (χ4v) is 2.11. The van der Waals surface area contributed by atoms with Crippen molar-refractivity contribution in [1.82, 2.24) is 4.90 Å². The Morgan fingerprint density at radius 2 is 2.15 bits per heavy atom. The molecule has 1 aromatic carbocycles. The molecule has 0 aromatic heterocycles. The summed E-state index contributed by atoms with van der Waals surface area (Å²) in [4.78, 5) is 2.42. The average Bonchev–Trinajstić information content (AvgIpc) is 2.19. The molecule has 1 nitrogen and oxygen atoms in total. The Labute approximate surface area is 80.4 Å². The van der Waals surface area contributed by atoms with E-state index >= 15 is 0 Å². The Balaban J connectivity index is 2.08. The molecule has 69 valence electrons. The molecule has 13 heavy (non-hydrogen) atoms. The normalized spacial score (nSPS) is 24.5. The lowest BCUT2D eigenvalue weighted by Crippen LogP contribution is -2.30. The molecule has 0 N–H and O–H groups in total. The molecule has 0 amide bonds. The van der Waals surface area contributed by atoms with Gasteiger partial charge in [0.2, 0.25) is 0 Å². The van der Waals surface area contributed by atoms with Crippen molar-refractivity contribution >= 4 is 0 Å². The number of likely N-dealkylation sites (N-methyl/N-ethyl adjacent to an activating group) is 1. The van der Waals surface area contributed by atoms with Crippen LogP contribution in [0.3, 0.4) is 0 Å². The minimum absolute atomic E-state index is 0.744. The van der Waals surface area contributed by atoms with E-state index in [4.69, 9.17) is 0 Å². The second kappa shape index (κ2) is 3.93. The summed E-state index contributed by atoms with van der Waals surface area (Å²) in [6.07, 6.45) is 2.67. The molecule has 1 heterocycles. The van der Waals surface area contributed by atoms with Crippen LogP contribution in [0, 0.1) is 6.07 Å². The fraction of sp³-hybridized carbons (Fsp3) is 0.500. The SMILES string of the molecule is CN1CCCC(c2cc[c]cc2)C1. The zero-order valence-electron chi connectivity index (χ0n) is 8.16. The van der Waals surface area contributed by atoms with Gasteiger partial charge in [0.15, 0.2) is 0 Å². The molecule has 1 aliphatic heterocycles. The minimum atomic E-state index is 0.744. The van der Waals surface area contributed by atoms with Crippen molar-refractivity contribution in [2.24, 2.45) is 0 Å². The summed E-state index contributed by atoms with van der Waals surface area (Å²) in [6.45, 7) is 2.47. The second-order valence-electron chi connectivity index (χ2n) is 3.93. The molecule has 0 spiro atoms. The molecule has 1 radical (unpaired) electrons. The van der Waals surface area contributed by atoms with Crippen LogP contribution in [0.1, 0.15) is 24.3 Å². The maximum absolute atomic E-state index is 3.07. The van der Waals surface area contributed by atoms with Gasteiger partial charge in [0.05, 0.1) is 0 Å². The third-order valence-corrected chi connectivity index (χ3v) is 2.84. The monoisotopic (exact) mass is 174 g/mol. The molecular formula is C12H16N. The molecule has 1 saturated heterocycles. The molecule has 0 saturated carbocycles. The molecule has 2 rings (SSSR count). The molecule has 1 aliphatic rings. The van der Waals surface area contributed by atoms with Gasteiger partial charge in [0.1, 0.15) is 0 Å². The first-order valence-corrected chi connectivity index (χ1v) is 5.01. The molecular weight excluding hydrogens is 158 g/mol. The molecule has 1 aromatic rings. The van der Waals surface area contributed by atoms with Gasteiger partial charge in [-0.2, -0.15) is 0 Å². The summed E-state index contributed by atoms with van der Waals surface area (Å²) in [5, 5.41) is 0. The number of piperidine rings is 1. The van der Waals surface area contributed by atoms with E-state index in [0.29, 0.717) is 0 Å². The van der Waals surface area contributed by atoms with E-state index in [9.17, 15) is 0 Å². The first kappa shape index (κ1) is 8.76. The van der Waals surface area contributed by atoms with Gasteiger partial charge in [-0.25, -0.2) is 0 Å². The van der Waals surface area contributed by atoms with Crippen molar-refractivity contribution in [3.8, 4) is 0 Å². The van der Waals surface area contributed by atoms with Gasteiger partial charge < -0.3 is 4.90 Å². The number of benzene rings is 1. The van der Waals surface area contributed by atoms with Gasteiger partial charge in [-0.15, -0.1) is 0 Å². The van der Waals surface area contributed by atoms with Crippen LogP contribution in [0.25, 0.3) is 0 Å². The van der Waals surface area contributed by atoms with E-state index in [-0.39, 0.29) is 0 Å². The Bertz CT molecular complexity index is 255. The Hall–Kier alpha value is -0.820. The number of likely N-dealkylation sites (tertiary alicyclic amines) is 1. The van der Waals surface area contributed by atoms with Gasteiger partial charge in [0.25, 0.3) is 0 Å². The molecule has 1 atom stereocenters. The number of rotatable bonds is 1. The van der Waals surface area contributed by atoms with Crippen LogP contribution < -0.4 is 0 Å². The quantitative estimate of drug-likeness (QED) is 0.631. The molecule has 1 unspecified atom stereocenters. The van der Waals surface area contributed by atoms with E-state index in [1.54, 1.807) is 0 Å². The van der Waals surface area contributed by atoms with Crippen molar-refractivity contribution in [1.29, 1.82) is 0 Å². The van der Waals surface area contributed by atoms with Crippen LogP contribution in [-0.4, -0.2) is 25.0 Å². The summed E-state index contributed by atoms with van der Waals surface area (Å²) < 4.78 is 0. The summed E-state index contributed by atoms with van der Waals surface area (Å²) in [5.41, 5.74) is 1.48. The van der Waals surface area contributed by atoms with Crippen molar-refractivity contribution in [3.63, 3.8) is 0 Å². The van der Waals surface area contributed by atoms with E-state index in [1.807, 2.05) is 12.1 Å². The largest absolute Gasteiger partial charge is 0.306 e. The average molecular weight is 174 g/mol. The van der Waals surface area contributed by atoms with E-state index in [2.05, 4.69) is 30.1 Å². The zero-order valence-corrected chi connectivity index (χ0v) is 8.16. The zero-order chi connectivity index (χ0) is 9.10. The maximum Gasteiger partial charge on any atom is 0.00472 e. The number of hydrogen-bond acceptors (Lipinski definition) is 1. The third kappa shape index (κ3) is 2.10. The van der Waals surface area contributed by atoms with Gasteiger partial charge in [-0.3, -0.25) is 0 Å². The van der Waals surface area contributed by atoms with Crippen LogP contribution >= 0.6 is 0 Å². The van der Waals surface area contributed by atoms with E-state index < -0.39 is 0 Å². The number of hydrogen-bond donors (Lipinski definition) is 0. The number of nitrogens with zero attached hydrogens (tertiary/aromatic N) is 1. The molecule has 0 aliphatic carbocycles. The Morgan fingerprint density at radius 3 is 2.85 bits per heavy atom. The highest BCUT2D eigenvalue weighted by molar-refractivity contribution is 5.19. The second-order valence-corrected chi connectivity index (χ2v) is 3.93. The van der Waals surface area contributed by atoms with Gasteiger partial charge in [-0.1, -0.05) is 24.3 Å². The molecule has 1 heteroatoms. The van der Waals surface area contributed by atoms with Crippen molar-refractivity contribution in [2.75, 3.05) is 20.1 Å². The van der Waals surface area contributed by atoms with E-state index in [1.165, 1.54) is 31.5 Å². The topological polar surface area (TPSA) is 3.24 Å². The lowest BCUT2D eigenvalue weighted by molar-refractivity contribution is 0.251. The third-order valence-electron chi connectivity index (χ3n) is 2.84. The van der Waals surface area contributed by atoms with Gasteiger partial charge >= 0.3 is 0 Å². The van der Waals surface area contributed by atoms with Crippen molar-refractivity contribution in [2.45, 2.75) is 18.8 Å². The van der Waals surface area contributed by atoms with E-state index in [0.717, 1.165) is 5.92 Å². The summed E-state index contributed by atoms with van der Waals surface area (Å²) >= 11 is 0. The van der Waals surface area contributed by atoms with Crippen LogP contribution in [0.15, 0.2) is 24.3 Å². The maximum atomic E-state index is 3.07. The van der Waals surface area contributed by atoms with Crippen molar-refractivity contribution < 1.29 is 0 Å². The smallest absolute Gasteiger partial charge is 0.00472 e. The van der Waals surface area contributed by atoms with Crippen LogP contribution in [0.2, 0.25) is 0 Å². The highest BCUT2D eigenvalue weighted by atomic mass is 15.1. The standard InChI is InChI=1S/C12H16N/c1-13-9-5-8-12(10-13)11-6-3-2-4-7-11/h3-4,6-7,12H,5,8-10H2,1H3. The minimum Gasteiger partial charge on any atom is -0.306 e. The van der Waals surface area contributed by atoms with Crippen LogP contribution in [0.4, 0.5) is 0 Å². The highest BCUT2D eigenvalue weighted by Gasteiger charge is 2.17. The predicted molar refractivity (Wildman–Crippen MR) is 54.8 cm³/mol. The summed E-state index contributed by atoms with van der Waals surface area (Å²) in [7, 11) is 2.21. The Morgan fingerprint density at radius 1 is 1.38 bits per heavy atom. The fourth-order valence-electron chi connectivity index (χ4n) is 2.11. The van der Waals surface area contributed by atoms with Gasteiger partial charge in [-0.05, 0) is 44.0 Å². The summed E-state index contributed by atoms with van der Waals surface area (Å²) in [5.74, 6) is 0.744. The lowest BCUT2D eigenvalue weighted by atomic mass is 9.91.